The highest BCUT2D eigenvalue weighted by Crippen LogP contribution is 2.35. The average molecular weight is 491 g/mol. The molecule has 0 bridgehead atoms. The topological polar surface area (TPSA) is 134 Å². The molecular formula is C23H18ClFN9O+. The van der Waals surface area contributed by atoms with Gasteiger partial charge in [-0.25, -0.2) is 4.98 Å². The van der Waals surface area contributed by atoms with Crippen LogP contribution in [0, 0.1) is 5.95 Å². The number of nitrogens with zero attached hydrogens (tertiary/aromatic N) is 6. The number of imidazole rings is 1. The minimum Gasteiger partial charge on any atom is -0.337 e. The van der Waals surface area contributed by atoms with Gasteiger partial charge in [-0.3, -0.25) is 10.5 Å². The smallest absolute Gasteiger partial charge is 0.270 e. The number of pyridine rings is 2. The van der Waals surface area contributed by atoms with Gasteiger partial charge in [-0.2, -0.15) is 14.1 Å². The van der Waals surface area contributed by atoms with Crippen LogP contribution >= 0.6 is 11.6 Å². The lowest BCUT2D eigenvalue weighted by molar-refractivity contribution is -0.359. The Morgan fingerprint density at radius 3 is 2.83 bits per heavy atom. The summed E-state index contributed by atoms with van der Waals surface area (Å²) in [5, 5.41) is 11.9. The van der Waals surface area contributed by atoms with E-state index in [1.165, 1.54) is 17.1 Å². The molecule has 6 rings (SSSR count). The number of tetrazole rings is 1. The molecule has 1 atom stereocenters. The zero-order valence-corrected chi connectivity index (χ0v) is 18.9. The van der Waals surface area contributed by atoms with Crippen LogP contribution in [0.3, 0.4) is 0 Å². The van der Waals surface area contributed by atoms with E-state index in [1.807, 2.05) is 6.07 Å². The van der Waals surface area contributed by atoms with E-state index in [2.05, 4.69) is 30.5 Å². The van der Waals surface area contributed by atoms with Gasteiger partial charge in [0.1, 0.15) is 12.2 Å². The number of fused-ring (bicyclic) bond motifs is 1. The van der Waals surface area contributed by atoms with Crippen LogP contribution in [0.5, 0.6) is 0 Å². The lowest BCUT2D eigenvalue weighted by atomic mass is 10.0. The van der Waals surface area contributed by atoms with Crippen molar-refractivity contribution in [2.75, 3.05) is 5.73 Å². The molecule has 4 aromatic heterocycles. The molecular weight excluding hydrogens is 473 g/mol. The van der Waals surface area contributed by atoms with Crippen molar-refractivity contribution < 1.29 is 9.37 Å². The van der Waals surface area contributed by atoms with Crippen LogP contribution in [-0.4, -0.2) is 34.7 Å². The highest BCUT2D eigenvalue weighted by atomic mass is 35.5. The van der Waals surface area contributed by atoms with Crippen molar-refractivity contribution in [1.82, 2.24) is 34.7 Å². The fourth-order valence-corrected chi connectivity index (χ4v) is 4.71. The third-order valence-corrected chi connectivity index (χ3v) is 6.36. The Morgan fingerprint density at radius 1 is 1.17 bits per heavy atom. The summed E-state index contributed by atoms with van der Waals surface area (Å²) in [5.74, 6) is 0.203. The molecule has 1 aliphatic rings. The van der Waals surface area contributed by atoms with Gasteiger partial charge in [-0.05, 0) is 59.2 Å². The Hall–Kier alpha value is -4.38. The van der Waals surface area contributed by atoms with Crippen molar-refractivity contribution in [3.05, 3.63) is 87.7 Å². The highest BCUT2D eigenvalue weighted by Gasteiger charge is 2.30. The van der Waals surface area contributed by atoms with Gasteiger partial charge < -0.3 is 9.55 Å². The van der Waals surface area contributed by atoms with Gasteiger partial charge in [0.15, 0.2) is 0 Å². The summed E-state index contributed by atoms with van der Waals surface area (Å²) in [4.78, 5) is 23.3. The minimum absolute atomic E-state index is 0.251. The maximum absolute atomic E-state index is 14.9. The molecule has 0 saturated carbocycles. The molecule has 1 aliphatic heterocycles. The molecule has 174 valence electrons. The quantitative estimate of drug-likeness (QED) is 0.397. The number of anilines is 1. The summed E-state index contributed by atoms with van der Waals surface area (Å²) in [6.07, 6.45) is 4.27. The molecule has 10 nitrogen and oxygen atoms in total. The predicted molar refractivity (Wildman–Crippen MR) is 125 cm³/mol. The highest BCUT2D eigenvalue weighted by molar-refractivity contribution is 6.31. The third kappa shape index (κ3) is 3.66. The van der Waals surface area contributed by atoms with Crippen molar-refractivity contribution >= 4 is 17.4 Å². The Bertz CT molecular complexity index is 1610. The number of aromatic nitrogens is 8. The molecule has 35 heavy (non-hydrogen) atoms. The van der Waals surface area contributed by atoms with Crippen LogP contribution < -0.4 is 16.3 Å². The molecule has 0 fully saturated rings. The van der Waals surface area contributed by atoms with Gasteiger partial charge in [0.25, 0.3) is 11.4 Å². The second kappa shape index (κ2) is 8.13. The summed E-state index contributed by atoms with van der Waals surface area (Å²) in [5.41, 5.74) is 9.22. The number of aryl methyl sites for hydroxylation is 1. The molecule has 0 saturated heterocycles. The molecule has 0 radical (unpaired) electrons. The summed E-state index contributed by atoms with van der Waals surface area (Å²) < 4.78 is 18.0. The van der Waals surface area contributed by atoms with E-state index >= 15 is 0 Å². The van der Waals surface area contributed by atoms with E-state index < -0.39 is 12.0 Å². The van der Waals surface area contributed by atoms with Crippen LogP contribution in [0.2, 0.25) is 5.02 Å². The Morgan fingerprint density at radius 2 is 2.06 bits per heavy atom. The first-order valence-electron chi connectivity index (χ1n) is 10.8. The number of aromatic amines is 2. The van der Waals surface area contributed by atoms with E-state index in [-0.39, 0.29) is 11.3 Å². The first-order valence-corrected chi connectivity index (χ1v) is 11.2. The van der Waals surface area contributed by atoms with Gasteiger partial charge in [-0.15, -0.1) is 5.10 Å². The number of nitrogens with two attached hydrogens (primary N) is 1. The maximum atomic E-state index is 14.9. The largest absolute Gasteiger partial charge is 0.337 e. The molecule has 12 heteroatoms. The Kier molecular flexibility index (Phi) is 4.92. The Labute approximate surface area is 202 Å². The fourth-order valence-electron chi connectivity index (χ4n) is 4.54. The standard InChI is InChI=1S/C23H17ClFN9O/c24-14-2-4-17(33-11-28-31-32-33)16(9-14)13-7-15-3-5-18(34(15)20(35)8-13)21-22(25)30-23(29-21)12-1-6-19(26)27-10-12/h1-2,4,6-11,18H,3,5H2,(H2,26,27)(H,29,30)/p+1. The summed E-state index contributed by atoms with van der Waals surface area (Å²) in [6.45, 7) is 0. The number of benzene rings is 1. The monoisotopic (exact) mass is 490 g/mol. The number of hydrogen-bond acceptors (Lipinski definition) is 6. The van der Waals surface area contributed by atoms with Gasteiger partial charge in [0.05, 0.1) is 29.2 Å². The number of nitrogens with one attached hydrogen (secondary N) is 2. The molecule has 0 amide bonds. The molecule has 1 unspecified atom stereocenters. The molecule has 4 N–H and O–H groups in total. The minimum atomic E-state index is -0.638. The van der Waals surface area contributed by atoms with Gasteiger partial charge in [0.2, 0.25) is 5.95 Å². The number of H-pyrrole nitrogens is 2. The van der Waals surface area contributed by atoms with Gasteiger partial charge in [-0.1, -0.05) is 11.6 Å². The molecule has 5 aromatic rings. The number of hydrogen-bond donors (Lipinski definition) is 2. The van der Waals surface area contributed by atoms with Crippen molar-refractivity contribution in [2.45, 2.75) is 18.9 Å². The predicted octanol–water partition coefficient (Wildman–Crippen LogP) is 2.61. The van der Waals surface area contributed by atoms with Crippen LogP contribution in [-0.2, 0) is 6.42 Å². The van der Waals surface area contributed by atoms with E-state index in [1.54, 1.807) is 41.1 Å². The molecule has 0 spiro atoms. The SMILES string of the molecule is Nc1ccc(-c2nc(F)c(C3CCc4cc(-c5cc(Cl)ccc5-n5cnnn5)cc(=O)n43)[nH]2)c[nH+]1. The van der Waals surface area contributed by atoms with Crippen molar-refractivity contribution in [3.8, 4) is 28.2 Å². The van der Waals surface area contributed by atoms with E-state index in [0.717, 1.165) is 5.69 Å². The maximum Gasteiger partial charge on any atom is 0.270 e. The number of rotatable bonds is 4. The first-order chi connectivity index (χ1) is 17.0. The van der Waals surface area contributed by atoms with Crippen molar-refractivity contribution in [1.29, 1.82) is 0 Å². The van der Waals surface area contributed by atoms with E-state index in [9.17, 15) is 9.18 Å². The zero-order valence-electron chi connectivity index (χ0n) is 18.1. The van der Waals surface area contributed by atoms with Crippen LogP contribution in [0.4, 0.5) is 10.2 Å². The fraction of sp³-hybridized carbons (Fsp3) is 0.130. The van der Waals surface area contributed by atoms with E-state index in [4.69, 9.17) is 17.3 Å². The average Bonchev–Trinajstić information content (AvgIpc) is 3.59. The number of nitrogen functional groups attached to an aromatic ring is 1. The molecule has 5 heterocycles. The third-order valence-electron chi connectivity index (χ3n) is 6.13. The second-order valence-corrected chi connectivity index (χ2v) is 8.67. The van der Waals surface area contributed by atoms with Crippen molar-refractivity contribution in [3.63, 3.8) is 0 Å². The van der Waals surface area contributed by atoms with Crippen LogP contribution in [0.25, 0.3) is 28.2 Å². The normalized spacial score (nSPS) is 14.9. The summed E-state index contributed by atoms with van der Waals surface area (Å²) >= 11 is 6.26. The number of halogens is 2. The molecule has 0 aliphatic carbocycles. The summed E-state index contributed by atoms with van der Waals surface area (Å²) in [6, 6.07) is 11.6. The first kappa shape index (κ1) is 21.2. The molecule has 1 aromatic carbocycles. The van der Waals surface area contributed by atoms with Gasteiger partial charge in [0, 0.05) is 28.4 Å². The van der Waals surface area contributed by atoms with E-state index in [0.29, 0.717) is 51.9 Å². The summed E-state index contributed by atoms with van der Waals surface area (Å²) in [7, 11) is 0. The zero-order chi connectivity index (χ0) is 24.1. The van der Waals surface area contributed by atoms with Crippen LogP contribution in [0.1, 0.15) is 23.9 Å². The van der Waals surface area contributed by atoms with Crippen molar-refractivity contribution in [2.24, 2.45) is 0 Å². The van der Waals surface area contributed by atoms with Gasteiger partial charge >= 0.3 is 0 Å². The lowest BCUT2D eigenvalue weighted by Gasteiger charge is -2.15. The second-order valence-electron chi connectivity index (χ2n) is 8.24. The Balaban J connectivity index is 1.41. The lowest BCUT2D eigenvalue weighted by Crippen LogP contribution is -2.24. The van der Waals surface area contributed by atoms with Crippen LogP contribution in [0.15, 0.2) is 59.8 Å².